The van der Waals surface area contributed by atoms with Crippen LogP contribution in [0.25, 0.3) is 0 Å². The van der Waals surface area contributed by atoms with Gasteiger partial charge >= 0.3 is 0 Å². The number of rotatable bonds is 5. The zero-order valence-corrected chi connectivity index (χ0v) is 18.0. The number of pyridine rings is 1. The molecule has 0 saturated carbocycles. The Balaban J connectivity index is 1.48. The van der Waals surface area contributed by atoms with Crippen LogP contribution in [0.5, 0.6) is 0 Å². The van der Waals surface area contributed by atoms with E-state index in [0.717, 1.165) is 16.7 Å². The van der Waals surface area contributed by atoms with Gasteiger partial charge in [0.05, 0.1) is 6.61 Å². The highest BCUT2D eigenvalue weighted by Crippen LogP contribution is 2.27. The Morgan fingerprint density at radius 2 is 1.30 bits per heavy atom. The smallest absolute Gasteiger partial charge is 0.236 e. The quantitative estimate of drug-likeness (QED) is 0.615. The Morgan fingerprint density at radius 1 is 0.788 bits per heavy atom. The molecule has 0 amide bonds. The second kappa shape index (κ2) is 9.68. The normalized spacial score (nSPS) is 19.1. The fraction of sp³-hybridized carbons (Fsp3) is 0.222. The minimum Gasteiger partial charge on any atom is -0.474 e. The summed E-state index contributed by atoms with van der Waals surface area (Å²) in [5, 5.41) is 9.08. The van der Waals surface area contributed by atoms with Crippen LogP contribution < -0.4 is 0 Å². The van der Waals surface area contributed by atoms with Gasteiger partial charge in [0.25, 0.3) is 0 Å². The molecule has 3 aromatic rings. The Bertz CT molecular complexity index is 1160. The van der Waals surface area contributed by atoms with E-state index in [1.807, 2.05) is 72.8 Å². The third-order valence-electron chi connectivity index (χ3n) is 5.40. The van der Waals surface area contributed by atoms with Gasteiger partial charge < -0.3 is 14.6 Å². The van der Waals surface area contributed by atoms with Gasteiger partial charge in [0.1, 0.15) is 36.7 Å². The fourth-order valence-corrected chi connectivity index (χ4v) is 3.76. The van der Waals surface area contributed by atoms with Gasteiger partial charge in [-0.15, -0.1) is 0 Å². The maximum absolute atomic E-state index is 9.08. The van der Waals surface area contributed by atoms with Crippen LogP contribution in [0.15, 0.2) is 82.8 Å². The number of aliphatic hydroxyl groups excluding tert-OH is 1. The van der Waals surface area contributed by atoms with Crippen molar-refractivity contribution in [3.63, 3.8) is 0 Å². The second-order valence-electron chi connectivity index (χ2n) is 7.75. The molecular weight excluding hydrogens is 414 g/mol. The van der Waals surface area contributed by atoms with Gasteiger partial charge in [-0.1, -0.05) is 72.5 Å². The van der Waals surface area contributed by atoms with E-state index in [0.29, 0.717) is 42.8 Å². The van der Waals surface area contributed by atoms with Gasteiger partial charge in [0, 0.05) is 12.0 Å². The van der Waals surface area contributed by atoms with E-state index in [2.05, 4.69) is 11.8 Å². The highest BCUT2D eigenvalue weighted by atomic mass is 16.5. The van der Waals surface area contributed by atoms with Gasteiger partial charge in [0.15, 0.2) is 0 Å². The molecule has 33 heavy (non-hydrogen) atoms. The van der Waals surface area contributed by atoms with Crippen LogP contribution in [-0.4, -0.2) is 41.7 Å². The van der Waals surface area contributed by atoms with Gasteiger partial charge in [0.2, 0.25) is 11.8 Å². The maximum Gasteiger partial charge on any atom is 0.236 e. The predicted molar refractivity (Wildman–Crippen MR) is 126 cm³/mol. The zero-order valence-electron chi connectivity index (χ0n) is 18.0. The molecule has 3 heterocycles. The van der Waals surface area contributed by atoms with E-state index < -0.39 is 0 Å². The van der Waals surface area contributed by atoms with Crippen LogP contribution >= 0.6 is 0 Å². The number of benzene rings is 2. The molecule has 2 atom stereocenters. The minimum absolute atomic E-state index is 0.0148. The van der Waals surface area contributed by atoms with Crippen molar-refractivity contribution in [1.82, 2.24) is 4.98 Å². The van der Waals surface area contributed by atoms with E-state index in [9.17, 15) is 0 Å². The molecule has 0 unspecified atom stereocenters. The number of aliphatic hydroxyl groups is 1. The SMILES string of the molecule is OCCC#Cc1cc(C2=N[C@H](c3ccccc3)CO2)nc(C2=N[C@H](c3ccccc3)CO2)c1. The summed E-state index contributed by atoms with van der Waals surface area (Å²) in [6, 6.07) is 23.7. The van der Waals surface area contributed by atoms with Crippen molar-refractivity contribution in [2.75, 3.05) is 19.8 Å². The lowest BCUT2D eigenvalue weighted by Crippen LogP contribution is -2.11. The number of hydrogen-bond donors (Lipinski definition) is 1. The van der Waals surface area contributed by atoms with Crippen LogP contribution in [0.1, 0.15) is 46.6 Å². The number of ether oxygens (including phenoxy) is 2. The molecule has 5 rings (SSSR count). The van der Waals surface area contributed by atoms with Crippen molar-refractivity contribution in [3.8, 4) is 11.8 Å². The average molecular weight is 437 g/mol. The van der Waals surface area contributed by atoms with Crippen molar-refractivity contribution < 1.29 is 14.6 Å². The lowest BCUT2D eigenvalue weighted by atomic mass is 10.1. The summed E-state index contributed by atoms with van der Waals surface area (Å²) in [7, 11) is 0. The molecule has 0 saturated heterocycles. The molecule has 164 valence electrons. The molecule has 2 aliphatic heterocycles. The number of aromatic nitrogens is 1. The first-order valence-corrected chi connectivity index (χ1v) is 10.9. The fourth-order valence-electron chi connectivity index (χ4n) is 3.76. The molecule has 2 aliphatic rings. The monoisotopic (exact) mass is 437 g/mol. The standard InChI is InChI=1S/C27H23N3O3/c31-14-8-7-9-19-15-22(26-29-24(17-32-26)20-10-3-1-4-11-20)28-23(16-19)27-30-25(18-33-27)21-12-5-2-6-13-21/h1-6,10-13,15-16,24-25,31H,8,14,17-18H2/t24-,25-/m0/s1. The minimum atomic E-state index is -0.0712. The van der Waals surface area contributed by atoms with E-state index in [4.69, 9.17) is 29.5 Å². The summed E-state index contributed by atoms with van der Waals surface area (Å²) in [5.74, 6) is 7.02. The van der Waals surface area contributed by atoms with Crippen LogP contribution in [0.3, 0.4) is 0 Å². The van der Waals surface area contributed by atoms with Gasteiger partial charge in [-0.25, -0.2) is 15.0 Å². The summed E-state index contributed by atoms with van der Waals surface area (Å²) in [6.07, 6.45) is 0.397. The van der Waals surface area contributed by atoms with E-state index >= 15 is 0 Å². The summed E-state index contributed by atoms with van der Waals surface area (Å²) < 4.78 is 11.8. The van der Waals surface area contributed by atoms with Crippen molar-refractivity contribution >= 4 is 11.8 Å². The topological polar surface area (TPSA) is 76.3 Å². The first-order valence-electron chi connectivity index (χ1n) is 10.9. The highest BCUT2D eigenvalue weighted by Gasteiger charge is 2.26. The van der Waals surface area contributed by atoms with Crippen LogP contribution in [0.2, 0.25) is 0 Å². The molecule has 0 bridgehead atoms. The van der Waals surface area contributed by atoms with Crippen molar-refractivity contribution in [1.29, 1.82) is 0 Å². The molecule has 0 spiro atoms. The predicted octanol–water partition coefficient (Wildman–Crippen LogP) is 3.85. The number of nitrogens with zero attached hydrogens (tertiary/aromatic N) is 3. The van der Waals surface area contributed by atoms with Crippen LogP contribution in [0, 0.1) is 11.8 Å². The Hall–Kier alpha value is -3.95. The summed E-state index contributed by atoms with van der Waals surface area (Å²) in [5.41, 5.74) is 4.12. The van der Waals surface area contributed by atoms with Crippen LogP contribution in [0.4, 0.5) is 0 Å². The average Bonchev–Trinajstić information content (AvgIpc) is 3.56. The molecular formula is C27H23N3O3. The third-order valence-corrected chi connectivity index (χ3v) is 5.40. The molecule has 1 N–H and O–H groups in total. The van der Waals surface area contributed by atoms with E-state index in [-0.39, 0.29) is 18.7 Å². The Labute approximate surface area is 192 Å². The Morgan fingerprint density at radius 3 is 1.79 bits per heavy atom. The molecule has 0 fully saturated rings. The molecule has 2 aromatic carbocycles. The number of aliphatic imine (C=N–C) groups is 2. The second-order valence-corrected chi connectivity index (χ2v) is 7.75. The van der Waals surface area contributed by atoms with Crippen molar-refractivity contribution in [3.05, 3.63) is 101 Å². The molecule has 6 heteroatoms. The number of hydrogen-bond acceptors (Lipinski definition) is 6. The van der Waals surface area contributed by atoms with Crippen molar-refractivity contribution in [2.45, 2.75) is 18.5 Å². The summed E-state index contributed by atoms with van der Waals surface area (Å²) >= 11 is 0. The maximum atomic E-state index is 9.08. The van der Waals surface area contributed by atoms with E-state index in [1.165, 1.54) is 0 Å². The van der Waals surface area contributed by atoms with Crippen molar-refractivity contribution in [2.24, 2.45) is 9.98 Å². The van der Waals surface area contributed by atoms with Gasteiger partial charge in [-0.05, 0) is 23.3 Å². The first kappa shape index (κ1) is 20.9. The van der Waals surface area contributed by atoms with E-state index in [1.54, 1.807) is 0 Å². The lowest BCUT2D eigenvalue weighted by molar-refractivity contribution is 0.305. The lowest BCUT2D eigenvalue weighted by Gasteiger charge is -2.06. The molecule has 1 aromatic heterocycles. The third kappa shape index (κ3) is 4.79. The molecule has 0 aliphatic carbocycles. The highest BCUT2D eigenvalue weighted by molar-refractivity contribution is 5.98. The van der Waals surface area contributed by atoms with Gasteiger partial charge in [-0.3, -0.25) is 0 Å². The van der Waals surface area contributed by atoms with Crippen LogP contribution in [-0.2, 0) is 9.47 Å². The summed E-state index contributed by atoms with van der Waals surface area (Å²) in [6.45, 7) is 0.940. The summed E-state index contributed by atoms with van der Waals surface area (Å²) in [4.78, 5) is 14.3. The largest absolute Gasteiger partial charge is 0.474 e. The Kier molecular flexibility index (Phi) is 6.14. The molecule has 0 radical (unpaired) electrons. The first-order chi connectivity index (χ1) is 16.3. The zero-order chi connectivity index (χ0) is 22.5. The molecule has 6 nitrogen and oxygen atoms in total. The van der Waals surface area contributed by atoms with Gasteiger partial charge in [-0.2, -0.15) is 0 Å².